The van der Waals surface area contributed by atoms with Gasteiger partial charge in [-0.15, -0.1) is 0 Å². The second-order valence-electron chi connectivity index (χ2n) is 8.38. The van der Waals surface area contributed by atoms with Gasteiger partial charge in [0.2, 0.25) is 0 Å². The van der Waals surface area contributed by atoms with Crippen molar-refractivity contribution in [3.63, 3.8) is 0 Å². The van der Waals surface area contributed by atoms with Gasteiger partial charge in [0.05, 0.1) is 17.9 Å². The molecule has 2 aliphatic heterocycles. The Morgan fingerprint density at radius 1 is 1.26 bits per heavy atom. The molecule has 0 saturated carbocycles. The number of nitrogens with zero attached hydrogens (tertiary/aromatic N) is 2. The van der Waals surface area contributed by atoms with Crippen molar-refractivity contribution < 1.29 is 23.5 Å². The molecule has 1 aromatic heterocycles. The second kappa shape index (κ2) is 8.95. The minimum absolute atomic E-state index is 0.101. The number of carbonyl (C=O) groups is 2. The van der Waals surface area contributed by atoms with Gasteiger partial charge in [0, 0.05) is 53.1 Å². The van der Waals surface area contributed by atoms with Crippen LogP contribution in [0.15, 0.2) is 48.7 Å². The highest BCUT2D eigenvalue weighted by Gasteiger charge is 2.34. The lowest BCUT2D eigenvalue weighted by molar-refractivity contribution is -0.118. The van der Waals surface area contributed by atoms with Gasteiger partial charge in [0.25, 0.3) is 11.8 Å². The molecule has 174 valence electrons. The molecule has 3 aromatic rings. The smallest absolute Gasteiger partial charge is 0.262 e. The van der Waals surface area contributed by atoms with Crippen molar-refractivity contribution >= 4 is 29.1 Å². The number of nitrogens with one attached hydrogen (secondary N) is 1. The predicted octanol–water partition coefficient (Wildman–Crippen LogP) is 4.33. The molecule has 1 fully saturated rings. The molecule has 3 heterocycles. The first-order valence-electron chi connectivity index (χ1n) is 10.8. The molecule has 2 amide bonds. The first-order chi connectivity index (χ1) is 16.4. The van der Waals surface area contributed by atoms with Crippen LogP contribution in [-0.2, 0) is 4.79 Å². The number of pyridine rings is 1. The summed E-state index contributed by atoms with van der Waals surface area (Å²) in [5.74, 6) is -0.470. The van der Waals surface area contributed by atoms with E-state index in [4.69, 9.17) is 21.1 Å². The largest absolute Gasteiger partial charge is 0.493 e. The summed E-state index contributed by atoms with van der Waals surface area (Å²) < 4.78 is 25.7. The maximum Gasteiger partial charge on any atom is 0.262 e. The van der Waals surface area contributed by atoms with Crippen molar-refractivity contribution in [2.45, 2.75) is 6.92 Å². The van der Waals surface area contributed by atoms with E-state index in [1.165, 1.54) is 6.07 Å². The molecule has 2 aromatic carbocycles. The fourth-order valence-electron chi connectivity index (χ4n) is 3.97. The molecule has 34 heavy (non-hydrogen) atoms. The standard InChI is InChI=1S/C25H21ClFN3O4/c1-14-2-3-16(9-28-14)18-6-17(26)4-5-22(18)33-12-15-10-30(11-15)25(32)19-7-21-23(8-20(19)27)34-13-24(31)29-21/h2-9,15H,10-13H2,1H3,(H,29,31). The van der Waals surface area contributed by atoms with E-state index in [1.807, 2.05) is 31.2 Å². The molecule has 0 aliphatic carbocycles. The van der Waals surface area contributed by atoms with Crippen molar-refractivity contribution in [2.75, 3.05) is 31.6 Å². The Morgan fingerprint density at radius 3 is 2.85 bits per heavy atom. The topological polar surface area (TPSA) is 80.8 Å². The highest BCUT2D eigenvalue weighted by atomic mass is 35.5. The Labute approximate surface area is 200 Å². The summed E-state index contributed by atoms with van der Waals surface area (Å²) in [5.41, 5.74) is 2.84. The number of amides is 2. The van der Waals surface area contributed by atoms with Crippen molar-refractivity contribution in [1.82, 2.24) is 9.88 Å². The number of anilines is 1. The quantitative estimate of drug-likeness (QED) is 0.586. The zero-order valence-corrected chi connectivity index (χ0v) is 19.1. The van der Waals surface area contributed by atoms with Gasteiger partial charge < -0.3 is 19.7 Å². The maximum atomic E-state index is 14.5. The Balaban J connectivity index is 1.23. The zero-order valence-electron chi connectivity index (χ0n) is 18.3. The number of likely N-dealkylation sites (tertiary alicyclic amines) is 1. The molecular weight excluding hydrogens is 461 g/mol. The van der Waals surface area contributed by atoms with Crippen molar-refractivity contribution in [3.8, 4) is 22.6 Å². The van der Waals surface area contributed by atoms with E-state index in [0.717, 1.165) is 22.9 Å². The van der Waals surface area contributed by atoms with E-state index < -0.39 is 11.7 Å². The molecule has 0 unspecified atom stereocenters. The summed E-state index contributed by atoms with van der Waals surface area (Å²) in [6, 6.07) is 11.8. The first-order valence-corrected chi connectivity index (χ1v) is 11.2. The van der Waals surface area contributed by atoms with Crippen LogP contribution in [-0.4, -0.2) is 48.0 Å². The highest BCUT2D eigenvalue weighted by molar-refractivity contribution is 6.31. The number of hydrogen-bond donors (Lipinski definition) is 1. The van der Waals surface area contributed by atoms with E-state index in [2.05, 4.69) is 10.3 Å². The Kier molecular flexibility index (Phi) is 5.83. The van der Waals surface area contributed by atoms with Gasteiger partial charge in [-0.2, -0.15) is 0 Å². The monoisotopic (exact) mass is 481 g/mol. The Morgan fingerprint density at radius 2 is 2.09 bits per heavy atom. The van der Waals surface area contributed by atoms with E-state index in [1.54, 1.807) is 17.2 Å². The van der Waals surface area contributed by atoms with Gasteiger partial charge in [-0.05, 0) is 37.3 Å². The zero-order chi connectivity index (χ0) is 23.8. The molecular formula is C25H21ClFN3O4. The summed E-state index contributed by atoms with van der Waals surface area (Å²) in [5, 5.41) is 3.19. The molecule has 9 heteroatoms. The van der Waals surface area contributed by atoms with Gasteiger partial charge >= 0.3 is 0 Å². The lowest BCUT2D eigenvalue weighted by Crippen LogP contribution is -2.52. The molecule has 1 saturated heterocycles. The third-order valence-electron chi connectivity index (χ3n) is 5.82. The van der Waals surface area contributed by atoms with E-state index in [0.29, 0.717) is 36.2 Å². The lowest BCUT2D eigenvalue weighted by atomic mass is 9.99. The number of rotatable bonds is 5. The maximum absolute atomic E-state index is 14.5. The Bertz CT molecular complexity index is 1280. The highest BCUT2D eigenvalue weighted by Crippen LogP contribution is 2.34. The van der Waals surface area contributed by atoms with Gasteiger partial charge in [-0.25, -0.2) is 4.39 Å². The summed E-state index contributed by atoms with van der Waals surface area (Å²) in [4.78, 5) is 30.2. The number of halogens is 2. The average molecular weight is 482 g/mol. The minimum Gasteiger partial charge on any atom is -0.493 e. The van der Waals surface area contributed by atoms with Crippen LogP contribution in [0, 0.1) is 18.7 Å². The molecule has 7 nitrogen and oxygen atoms in total. The summed E-state index contributed by atoms with van der Waals surface area (Å²) >= 11 is 6.19. The van der Waals surface area contributed by atoms with Crippen LogP contribution in [0.5, 0.6) is 11.5 Å². The number of fused-ring (bicyclic) bond motifs is 1. The molecule has 0 spiro atoms. The summed E-state index contributed by atoms with van der Waals surface area (Å²) in [6.07, 6.45) is 1.78. The number of aryl methyl sites for hydroxylation is 1. The first kappa shape index (κ1) is 22.2. The molecule has 0 atom stereocenters. The lowest BCUT2D eigenvalue weighted by Gasteiger charge is -2.39. The predicted molar refractivity (Wildman–Crippen MR) is 125 cm³/mol. The van der Waals surface area contributed by atoms with Crippen LogP contribution in [0.4, 0.5) is 10.1 Å². The number of ether oxygens (including phenoxy) is 2. The van der Waals surface area contributed by atoms with Crippen LogP contribution in [0.2, 0.25) is 5.02 Å². The van der Waals surface area contributed by atoms with Crippen LogP contribution >= 0.6 is 11.6 Å². The van der Waals surface area contributed by atoms with Crippen LogP contribution < -0.4 is 14.8 Å². The number of benzene rings is 2. The average Bonchev–Trinajstić information content (AvgIpc) is 2.79. The van der Waals surface area contributed by atoms with Crippen LogP contribution in [0.25, 0.3) is 11.1 Å². The number of aromatic nitrogens is 1. The summed E-state index contributed by atoms with van der Waals surface area (Å²) in [7, 11) is 0. The van der Waals surface area contributed by atoms with Gasteiger partial charge in [0.1, 0.15) is 17.3 Å². The van der Waals surface area contributed by atoms with Crippen molar-refractivity contribution in [1.29, 1.82) is 0 Å². The van der Waals surface area contributed by atoms with Gasteiger partial charge in [-0.1, -0.05) is 17.7 Å². The number of hydrogen-bond acceptors (Lipinski definition) is 5. The third-order valence-corrected chi connectivity index (χ3v) is 6.05. The molecule has 2 aliphatic rings. The van der Waals surface area contributed by atoms with Gasteiger partial charge in [0.15, 0.2) is 6.61 Å². The molecule has 5 rings (SSSR count). The van der Waals surface area contributed by atoms with Crippen molar-refractivity contribution in [3.05, 3.63) is 70.8 Å². The summed E-state index contributed by atoms with van der Waals surface area (Å²) in [6.45, 7) is 3.01. The second-order valence-corrected chi connectivity index (χ2v) is 8.82. The van der Waals surface area contributed by atoms with E-state index >= 15 is 0 Å². The normalized spacial score (nSPS) is 15.1. The van der Waals surface area contributed by atoms with Crippen LogP contribution in [0.3, 0.4) is 0 Å². The molecule has 0 bridgehead atoms. The molecule has 0 radical (unpaired) electrons. The molecule has 1 N–H and O–H groups in total. The van der Waals surface area contributed by atoms with E-state index in [9.17, 15) is 14.0 Å². The fraction of sp³-hybridized carbons (Fsp3) is 0.240. The minimum atomic E-state index is -0.683. The SMILES string of the molecule is Cc1ccc(-c2cc(Cl)ccc2OCC2CN(C(=O)c3cc4c(cc3F)OCC(=O)N4)C2)cn1. The third kappa shape index (κ3) is 4.41. The van der Waals surface area contributed by atoms with Gasteiger partial charge in [-0.3, -0.25) is 14.6 Å². The van der Waals surface area contributed by atoms with Crippen LogP contribution in [0.1, 0.15) is 16.1 Å². The van der Waals surface area contributed by atoms with E-state index in [-0.39, 0.29) is 29.7 Å². The Hall–Kier alpha value is -3.65. The van der Waals surface area contributed by atoms with Crippen molar-refractivity contribution in [2.24, 2.45) is 5.92 Å². The number of carbonyl (C=O) groups excluding carboxylic acids is 2. The fourth-order valence-corrected chi connectivity index (χ4v) is 4.14.